The predicted molar refractivity (Wildman–Crippen MR) is 105 cm³/mol. The SMILES string of the molecule is CC1(c2c(F)c(F)cc(NC(=O)c3ccc(F)cn3)c2F)CS(=O)(=O)C(C)(C)C(N)=N1. The highest BCUT2D eigenvalue weighted by Gasteiger charge is 2.51. The Morgan fingerprint density at radius 3 is 2.32 bits per heavy atom. The number of rotatable bonds is 3. The monoisotopic (exact) mass is 458 g/mol. The van der Waals surface area contributed by atoms with Crippen LogP contribution < -0.4 is 11.1 Å². The standard InChI is InChI=1S/C19H18F4N4O3S/c1-18(2)17(24)27-19(3,8-31(18,29)30)13-14(22)10(21)6-12(15(13)23)26-16(28)11-5-4-9(20)7-25-11/h4-7H,8H2,1-3H3,(H2,24,27)(H,26,28). The molecule has 0 bridgehead atoms. The maximum atomic E-state index is 15.2. The van der Waals surface area contributed by atoms with Gasteiger partial charge in [-0.25, -0.2) is 31.0 Å². The van der Waals surface area contributed by atoms with Gasteiger partial charge in [0.15, 0.2) is 27.3 Å². The van der Waals surface area contributed by atoms with Crippen LogP contribution in [-0.2, 0) is 15.4 Å². The number of anilines is 1. The van der Waals surface area contributed by atoms with Crippen LogP contribution in [0.15, 0.2) is 29.4 Å². The number of hydrogen-bond acceptors (Lipinski definition) is 6. The number of nitrogens with two attached hydrogens (primary N) is 1. The first-order valence-electron chi connectivity index (χ1n) is 8.88. The normalized spacial score (nSPS) is 22.0. The minimum atomic E-state index is -4.04. The number of halogens is 4. The van der Waals surface area contributed by atoms with Crippen molar-refractivity contribution in [3.05, 3.63) is 58.9 Å². The van der Waals surface area contributed by atoms with Gasteiger partial charge >= 0.3 is 0 Å². The Hall–Kier alpha value is -3.02. The number of nitrogens with zero attached hydrogens (tertiary/aromatic N) is 2. The van der Waals surface area contributed by atoms with Gasteiger partial charge in [-0.2, -0.15) is 0 Å². The summed E-state index contributed by atoms with van der Waals surface area (Å²) in [7, 11) is -4.04. The van der Waals surface area contributed by atoms with Crippen LogP contribution in [0.3, 0.4) is 0 Å². The van der Waals surface area contributed by atoms with E-state index in [4.69, 9.17) is 5.73 Å². The molecule has 12 heteroatoms. The minimum Gasteiger partial charge on any atom is -0.386 e. The molecule has 3 N–H and O–H groups in total. The van der Waals surface area contributed by atoms with Gasteiger partial charge in [-0.05, 0) is 32.9 Å². The quantitative estimate of drug-likeness (QED) is 0.542. The number of sulfone groups is 1. The lowest BCUT2D eigenvalue weighted by Gasteiger charge is -2.38. The Balaban J connectivity index is 2.13. The van der Waals surface area contributed by atoms with Crippen LogP contribution >= 0.6 is 0 Å². The second kappa shape index (κ2) is 7.29. The number of hydrogen-bond donors (Lipinski definition) is 2. The van der Waals surface area contributed by atoms with E-state index < -0.39 is 72.1 Å². The van der Waals surface area contributed by atoms with E-state index in [1.807, 2.05) is 5.32 Å². The van der Waals surface area contributed by atoms with Crippen molar-refractivity contribution in [2.75, 3.05) is 11.1 Å². The van der Waals surface area contributed by atoms with Crippen molar-refractivity contribution in [3.8, 4) is 0 Å². The van der Waals surface area contributed by atoms with E-state index in [-0.39, 0.29) is 5.69 Å². The number of amidine groups is 1. The molecule has 166 valence electrons. The minimum absolute atomic E-state index is 0.317. The number of aliphatic imine (C=N–C) groups is 1. The summed E-state index contributed by atoms with van der Waals surface area (Å²) in [4.78, 5) is 19.8. The van der Waals surface area contributed by atoms with Crippen LogP contribution in [0, 0.1) is 23.3 Å². The average molecular weight is 458 g/mol. The lowest BCUT2D eigenvalue weighted by Crippen LogP contribution is -2.55. The van der Waals surface area contributed by atoms with Crippen LogP contribution in [0.5, 0.6) is 0 Å². The largest absolute Gasteiger partial charge is 0.386 e. The van der Waals surface area contributed by atoms with Crippen LogP contribution in [0.25, 0.3) is 0 Å². The molecule has 0 aliphatic carbocycles. The van der Waals surface area contributed by atoms with Gasteiger partial charge in [-0.15, -0.1) is 0 Å². The predicted octanol–water partition coefficient (Wildman–Crippen LogP) is 2.67. The Labute approximate surface area is 175 Å². The number of aromatic nitrogens is 1. The van der Waals surface area contributed by atoms with Gasteiger partial charge in [0, 0.05) is 6.07 Å². The molecule has 0 saturated carbocycles. The first kappa shape index (κ1) is 22.7. The molecule has 1 aliphatic rings. The number of nitrogens with one attached hydrogen (secondary N) is 1. The smallest absolute Gasteiger partial charge is 0.274 e. The van der Waals surface area contributed by atoms with Crippen LogP contribution in [0.2, 0.25) is 0 Å². The summed E-state index contributed by atoms with van der Waals surface area (Å²) in [6.07, 6.45) is 0.745. The fourth-order valence-corrected chi connectivity index (χ4v) is 4.81. The van der Waals surface area contributed by atoms with E-state index in [1.165, 1.54) is 13.8 Å². The number of carbonyl (C=O) groups is 1. The highest BCUT2D eigenvalue weighted by Crippen LogP contribution is 2.41. The van der Waals surface area contributed by atoms with Crippen LogP contribution in [-0.4, -0.2) is 35.6 Å². The molecule has 1 aromatic carbocycles. The lowest BCUT2D eigenvalue weighted by atomic mass is 9.91. The number of carbonyl (C=O) groups excluding carboxylic acids is 1. The van der Waals surface area contributed by atoms with E-state index in [0.717, 1.165) is 25.3 Å². The van der Waals surface area contributed by atoms with E-state index in [9.17, 15) is 26.4 Å². The maximum absolute atomic E-state index is 15.2. The second-order valence-corrected chi connectivity index (χ2v) is 10.3. The highest BCUT2D eigenvalue weighted by atomic mass is 32.2. The maximum Gasteiger partial charge on any atom is 0.274 e. The fraction of sp³-hybridized carbons (Fsp3) is 0.316. The molecule has 1 amide bonds. The van der Waals surface area contributed by atoms with E-state index in [0.29, 0.717) is 6.07 Å². The first-order valence-corrected chi connectivity index (χ1v) is 10.5. The molecule has 0 radical (unpaired) electrons. The van der Waals surface area contributed by atoms with Crippen molar-refractivity contribution in [1.82, 2.24) is 4.98 Å². The molecular weight excluding hydrogens is 440 g/mol. The Morgan fingerprint density at radius 1 is 1.13 bits per heavy atom. The molecule has 1 aliphatic heterocycles. The fourth-order valence-electron chi connectivity index (χ4n) is 3.13. The van der Waals surface area contributed by atoms with Crippen molar-refractivity contribution in [1.29, 1.82) is 0 Å². The molecule has 2 aromatic rings. The molecule has 0 spiro atoms. The van der Waals surface area contributed by atoms with Gasteiger partial charge in [0.1, 0.15) is 27.6 Å². The summed E-state index contributed by atoms with van der Waals surface area (Å²) in [5, 5.41) is 2.02. The second-order valence-electron chi connectivity index (χ2n) is 7.76. The summed E-state index contributed by atoms with van der Waals surface area (Å²) in [5.41, 5.74) is 1.58. The molecule has 31 heavy (non-hydrogen) atoms. The van der Waals surface area contributed by atoms with Gasteiger partial charge in [-0.1, -0.05) is 0 Å². The molecule has 1 atom stereocenters. The number of benzene rings is 1. The van der Waals surface area contributed by atoms with Gasteiger partial charge in [-0.3, -0.25) is 9.79 Å². The Kier molecular flexibility index (Phi) is 5.33. The molecule has 1 aromatic heterocycles. The van der Waals surface area contributed by atoms with Crippen LogP contribution in [0.4, 0.5) is 23.2 Å². The molecule has 0 fully saturated rings. The van der Waals surface area contributed by atoms with Crippen molar-refractivity contribution in [3.63, 3.8) is 0 Å². The third kappa shape index (κ3) is 3.75. The zero-order chi connectivity index (χ0) is 23.4. The topological polar surface area (TPSA) is 115 Å². The third-order valence-electron chi connectivity index (χ3n) is 5.14. The highest BCUT2D eigenvalue weighted by molar-refractivity contribution is 7.93. The van der Waals surface area contributed by atoms with Gasteiger partial charge in [0.25, 0.3) is 5.91 Å². The van der Waals surface area contributed by atoms with E-state index >= 15 is 4.39 Å². The molecule has 0 saturated heterocycles. The molecule has 3 rings (SSSR count). The van der Waals surface area contributed by atoms with Gasteiger partial charge in [0.2, 0.25) is 0 Å². The summed E-state index contributed by atoms with van der Waals surface area (Å²) in [6.45, 7) is 3.68. The van der Waals surface area contributed by atoms with Gasteiger partial charge in [0.05, 0.1) is 23.2 Å². The van der Waals surface area contributed by atoms with Crippen molar-refractivity contribution < 1.29 is 30.8 Å². The zero-order valence-electron chi connectivity index (χ0n) is 16.6. The van der Waals surface area contributed by atoms with Crippen molar-refractivity contribution in [2.24, 2.45) is 10.7 Å². The van der Waals surface area contributed by atoms with Crippen LogP contribution in [0.1, 0.15) is 36.8 Å². The van der Waals surface area contributed by atoms with E-state index in [2.05, 4.69) is 9.98 Å². The summed E-state index contributed by atoms with van der Waals surface area (Å²) in [6, 6.07) is 2.33. The number of amides is 1. The summed E-state index contributed by atoms with van der Waals surface area (Å²) < 4.78 is 81.0. The third-order valence-corrected chi connectivity index (χ3v) is 7.84. The molecule has 2 heterocycles. The summed E-state index contributed by atoms with van der Waals surface area (Å²) >= 11 is 0. The zero-order valence-corrected chi connectivity index (χ0v) is 17.4. The van der Waals surface area contributed by atoms with E-state index in [1.54, 1.807) is 0 Å². The lowest BCUT2D eigenvalue weighted by molar-refractivity contribution is 0.102. The molecule has 7 nitrogen and oxygen atoms in total. The first-order chi connectivity index (χ1) is 14.2. The summed E-state index contributed by atoms with van der Waals surface area (Å²) in [5.74, 6) is -7.63. The molecular formula is C19H18F4N4O3S. The van der Waals surface area contributed by atoms with Gasteiger partial charge < -0.3 is 11.1 Å². The molecule has 1 unspecified atom stereocenters. The number of pyridine rings is 1. The van der Waals surface area contributed by atoms with Crippen molar-refractivity contribution >= 4 is 27.3 Å². The Morgan fingerprint density at radius 2 is 1.77 bits per heavy atom. The average Bonchev–Trinajstić information content (AvgIpc) is 2.64. The van der Waals surface area contributed by atoms with Crippen molar-refractivity contribution in [2.45, 2.75) is 31.1 Å². The Bertz CT molecular complexity index is 1210.